The van der Waals surface area contributed by atoms with Gasteiger partial charge in [0.15, 0.2) is 0 Å². The van der Waals surface area contributed by atoms with Gasteiger partial charge >= 0.3 is 0 Å². The summed E-state index contributed by atoms with van der Waals surface area (Å²) in [5, 5.41) is 2.80. The van der Waals surface area contributed by atoms with Crippen LogP contribution in [0.25, 0.3) is 0 Å². The van der Waals surface area contributed by atoms with Crippen LogP contribution in [0, 0.1) is 16.7 Å². The minimum Gasteiger partial charge on any atom is -0.325 e. The summed E-state index contributed by atoms with van der Waals surface area (Å²) in [5.74, 6) is -1.53. The summed E-state index contributed by atoms with van der Waals surface area (Å²) in [4.78, 5) is 37.0. The number of carbonyl (C=O) groups is 3. The van der Waals surface area contributed by atoms with Gasteiger partial charge in [-0.05, 0) is 30.4 Å². The van der Waals surface area contributed by atoms with Gasteiger partial charge in [-0.1, -0.05) is 32.0 Å². The Balaban J connectivity index is 1.98. The highest BCUT2D eigenvalue weighted by atomic mass is 16.2. The lowest BCUT2D eigenvalue weighted by Gasteiger charge is -2.33. The Hall–Kier alpha value is -1.97. The van der Waals surface area contributed by atoms with Crippen molar-refractivity contribution < 1.29 is 14.4 Å². The fourth-order valence-electron chi connectivity index (χ4n) is 3.84. The zero-order valence-corrected chi connectivity index (χ0v) is 11.6. The number of para-hydroxylation sites is 1. The van der Waals surface area contributed by atoms with Gasteiger partial charge in [-0.15, -0.1) is 0 Å². The van der Waals surface area contributed by atoms with E-state index in [-0.39, 0.29) is 17.6 Å². The topological polar surface area (TPSA) is 63.2 Å². The Kier molecular flexibility index (Phi) is 2.61. The predicted molar refractivity (Wildman–Crippen MR) is 74.0 cm³/mol. The molecule has 4 heteroatoms. The van der Waals surface area contributed by atoms with E-state index in [1.54, 1.807) is 12.1 Å². The molecule has 2 aliphatic rings. The fraction of sp³-hybridized carbons (Fsp3) is 0.438. The van der Waals surface area contributed by atoms with Crippen LogP contribution in [0.5, 0.6) is 0 Å². The van der Waals surface area contributed by atoms with Crippen molar-refractivity contribution in [1.29, 1.82) is 0 Å². The van der Waals surface area contributed by atoms with E-state index in [1.165, 1.54) is 0 Å². The minimum absolute atomic E-state index is 0.309. The highest BCUT2D eigenvalue weighted by Crippen LogP contribution is 2.62. The van der Waals surface area contributed by atoms with E-state index < -0.39 is 16.6 Å². The number of carbonyl (C=O) groups excluding carboxylic acids is 3. The lowest BCUT2D eigenvalue weighted by molar-refractivity contribution is -0.147. The van der Waals surface area contributed by atoms with Crippen molar-refractivity contribution in [2.24, 2.45) is 16.7 Å². The molecule has 0 radical (unpaired) electrons. The number of amides is 1. The van der Waals surface area contributed by atoms with Gasteiger partial charge in [0.1, 0.15) is 5.41 Å². The number of nitrogens with one attached hydrogen (secondary N) is 1. The van der Waals surface area contributed by atoms with Crippen molar-refractivity contribution in [2.75, 3.05) is 5.32 Å². The summed E-state index contributed by atoms with van der Waals surface area (Å²) in [5.41, 5.74) is -1.14. The second-order valence-corrected chi connectivity index (χ2v) is 6.23. The first-order valence-electron chi connectivity index (χ1n) is 6.86. The minimum atomic E-state index is -1.19. The molecule has 0 unspecified atom stereocenters. The van der Waals surface area contributed by atoms with Crippen LogP contribution in [0.2, 0.25) is 0 Å². The van der Waals surface area contributed by atoms with E-state index in [1.807, 2.05) is 32.0 Å². The number of benzene rings is 1. The Morgan fingerprint density at radius 3 is 2.40 bits per heavy atom. The Labute approximate surface area is 117 Å². The highest BCUT2D eigenvalue weighted by Gasteiger charge is 2.72. The van der Waals surface area contributed by atoms with Crippen LogP contribution in [-0.4, -0.2) is 17.5 Å². The lowest BCUT2D eigenvalue weighted by atomic mass is 9.68. The fourth-order valence-corrected chi connectivity index (χ4v) is 3.84. The maximum Gasteiger partial charge on any atom is 0.239 e. The molecule has 2 aliphatic carbocycles. The standard InChI is InChI=1S/C16H17NO3/c1-15(2)11-8-9-16(15,13(19)12(11)18)14(20)17-10-6-4-3-5-7-10/h3-7,11H,8-9H2,1-2H3,(H,17,20)/t11-,16+/m1/s1. The van der Waals surface area contributed by atoms with E-state index in [2.05, 4.69) is 5.32 Å². The molecule has 4 nitrogen and oxygen atoms in total. The maximum atomic E-state index is 12.7. The van der Waals surface area contributed by atoms with Crippen molar-refractivity contribution in [3.63, 3.8) is 0 Å². The normalized spacial score (nSPS) is 30.6. The van der Waals surface area contributed by atoms with Crippen LogP contribution in [-0.2, 0) is 14.4 Å². The second-order valence-electron chi connectivity index (χ2n) is 6.23. The molecule has 1 aromatic carbocycles. The molecule has 0 aliphatic heterocycles. The summed E-state index contributed by atoms with van der Waals surface area (Å²) in [6.07, 6.45) is 1.09. The third-order valence-corrected chi connectivity index (χ3v) is 5.13. The first-order valence-corrected chi connectivity index (χ1v) is 6.86. The quantitative estimate of drug-likeness (QED) is 0.662. The highest BCUT2D eigenvalue weighted by molar-refractivity contribution is 6.48. The van der Waals surface area contributed by atoms with Crippen LogP contribution in [0.1, 0.15) is 26.7 Å². The molecular formula is C16H17NO3. The summed E-state index contributed by atoms with van der Waals surface area (Å²) in [7, 11) is 0. The monoisotopic (exact) mass is 271 g/mol. The zero-order valence-electron chi connectivity index (χ0n) is 11.6. The van der Waals surface area contributed by atoms with Crippen molar-refractivity contribution >= 4 is 23.2 Å². The average Bonchev–Trinajstić information content (AvgIpc) is 2.76. The van der Waals surface area contributed by atoms with Crippen LogP contribution in [0.3, 0.4) is 0 Å². The van der Waals surface area contributed by atoms with Crippen molar-refractivity contribution in [2.45, 2.75) is 26.7 Å². The average molecular weight is 271 g/mol. The van der Waals surface area contributed by atoms with Crippen molar-refractivity contribution in [3.05, 3.63) is 30.3 Å². The third-order valence-electron chi connectivity index (χ3n) is 5.13. The number of hydrogen-bond acceptors (Lipinski definition) is 3. The lowest BCUT2D eigenvalue weighted by Crippen LogP contribution is -2.47. The molecule has 1 aromatic rings. The van der Waals surface area contributed by atoms with E-state index >= 15 is 0 Å². The van der Waals surface area contributed by atoms with Gasteiger partial charge in [-0.2, -0.15) is 0 Å². The van der Waals surface area contributed by atoms with Gasteiger partial charge in [0.25, 0.3) is 0 Å². The van der Waals surface area contributed by atoms with Gasteiger partial charge in [0.2, 0.25) is 17.5 Å². The Bertz CT molecular complexity index is 605. The maximum absolute atomic E-state index is 12.7. The molecule has 0 saturated heterocycles. The molecular weight excluding hydrogens is 254 g/mol. The molecule has 104 valence electrons. The Morgan fingerprint density at radius 1 is 1.20 bits per heavy atom. The van der Waals surface area contributed by atoms with Gasteiger partial charge in [-0.3, -0.25) is 14.4 Å². The van der Waals surface area contributed by atoms with E-state index in [0.717, 1.165) is 0 Å². The molecule has 1 N–H and O–H groups in total. The van der Waals surface area contributed by atoms with Gasteiger partial charge in [-0.25, -0.2) is 0 Å². The van der Waals surface area contributed by atoms with Crippen LogP contribution < -0.4 is 5.32 Å². The third kappa shape index (κ3) is 1.39. The Morgan fingerprint density at radius 2 is 1.85 bits per heavy atom. The number of Topliss-reactive ketones (excluding diaryl/α,β-unsaturated/α-hetero) is 2. The first-order chi connectivity index (χ1) is 9.41. The summed E-state index contributed by atoms with van der Waals surface area (Å²) in [6, 6.07) is 9.03. The molecule has 0 spiro atoms. The van der Waals surface area contributed by atoms with Gasteiger partial charge < -0.3 is 5.32 Å². The van der Waals surface area contributed by atoms with Crippen LogP contribution in [0.4, 0.5) is 5.69 Å². The van der Waals surface area contributed by atoms with E-state index in [0.29, 0.717) is 18.5 Å². The van der Waals surface area contributed by atoms with E-state index in [4.69, 9.17) is 0 Å². The summed E-state index contributed by atoms with van der Waals surface area (Å²) >= 11 is 0. The summed E-state index contributed by atoms with van der Waals surface area (Å²) in [6.45, 7) is 3.72. The second kappa shape index (κ2) is 4.01. The number of anilines is 1. The van der Waals surface area contributed by atoms with E-state index in [9.17, 15) is 14.4 Å². The smallest absolute Gasteiger partial charge is 0.239 e. The largest absolute Gasteiger partial charge is 0.325 e. The van der Waals surface area contributed by atoms with Gasteiger partial charge in [0, 0.05) is 11.6 Å². The summed E-state index contributed by atoms with van der Waals surface area (Å²) < 4.78 is 0. The molecule has 20 heavy (non-hydrogen) atoms. The SMILES string of the molecule is CC1(C)[C@@H]2CC[C@@]1(C(=O)Nc1ccccc1)C(=O)C2=O. The van der Waals surface area contributed by atoms with Crippen molar-refractivity contribution in [3.8, 4) is 0 Å². The van der Waals surface area contributed by atoms with Gasteiger partial charge in [0.05, 0.1) is 0 Å². The number of fused-ring (bicyclic) bond motifs is 2. The molecule has 2 fully saturated rings. The molecule has 2 saturated carbocycles. The van der Waals surface area contributed by atoms with Crippen molar-refractivity contribution in [1.82, 2.24) is 0 Å². The van der Waals surface area contributed by atoms with Crippen LogP contribution >= 0.6 is 0 Å². The predicted octanol–water partition coefficient (Wildman–Crippen LogP) is 2.20. The molecule has 2 bridgehead atoms. The zero-order chi connectivity index (χ0) is 14.5. The molecule has 0 aromatic heterocycles. The molecule has 0 heterocycles. The first kappa shape index (κ1) is 13.0. The van der Waals surface area contributed by atoms with Crippen LogP contribution in [0.15, 0.2) is 30.3 Å². The molecule has 1 amide bonds. The molecule has 3 rings (SSSR count). The number of hydrogen-bond donors (Lipinski definition) is 1. The molecule has 2 atom stereocenters. The number of rotatable bonds is 2. The number of ketones is 2.